The molecule has 2 saturated heterocycles. The first-order valence-corrected chi connectivity index (χ1v) is 5.95. The summed E-state index contributed by atoms with van der Waals surface area (Å²) < 4.78 is 16.8. The molecule has 0 amide bonds. The van der Waals surface area contributed by atoms with Gasteiger partial charge in [0.15, 0.2) is 6.29 Å². The fourth-order valence-electron chi connectivity index (χ4n) is 3.23. The summed E-state index contributed by atoms with van der Waals surface area (Å²) in [6, 6.07) is 0. The van der Waals surface area contributed by atoms with Crippen LogP contribution in [0, 0.1) is 11.3 Å². The van der Waals surface area contributed by atoms with E-state index in [0.29, 0.717) is 12.0 Å². The molecule has 0 N–H and O–H groups in total. The molecule has 3 nitrogen and oxygen atoms in total. The van der Waals surface area contributed by atoms with Gasteiger partial charge in [0.1, 0.15) is 0 Å². The maximum atomic E-state index is 5.77. The molecule has 0 unspecified atom stereocenters. The molecule has 15 heavy (non-hydrogen) atoms. The van der Waals surface area contributed by atoms with E-state index in [1.54, 1.807) is 0 Å². The molecule has 3 rings (SSSR count). The van der Waals surface area contributed by atoms with Crippen molar-refractivity contribution in [2.75, 3.05) is 13.2 Å². The second-order valence-electron chi connectivity index (χ2n) is 5.77. The minimum Gasteiger partial charge on any atom is -0.366 e. The van der Waals surface area contributed by atoms with Gasteiger partial charge in [-0.3, -0.25) is 0 Å². The average molecular weight is 212 g/mol. The summed E-state index contributed by atoms with van der Waals surface area (Å²) in [5.41, 5.74) is 0.378. The van der Waals surface area contributed by atoms with E-state index in [-0.39, 0.29) is 17.3 Å². The molecule has 0 bridgehead atoms. The van der Waals surface area contributed by atoms with Crippen LogP contribution in [0.25, 0.3) is 0 Å². The number of hydrogen-bond donors (Lipinski definition) is 0. The van der Waals surface area contributed by atoms with Gasteiger partial charge >= 0.3 is 0 Å². The van der Waals surface area contributed by atoms with E-state index in [2.05, 4.69) is 20.8 Å². The summed E-state index contributed by atoms with van der Waals surface area (Å²) in [4.78, 5) is 0. The third-order valence-electron chi connectivity index (χ3n) is 4.91. The van der Waals surface area contributed by atoms with Gasteiger partial charge in [-0.05, 0) is 24.7 Å². The highest BCUT2D eigenvalue weighted by atomic mass is 16.7. The second kappa shape index (κ2) is 2.96. The maximum Gasteiger partial charge on any atom is 0.158 e. The van der Waals surface area contributed by atoms with Gasteiger partial charge in [0.05, 0.1) is 24.9 Å². The largest absolute Gasteiger partial charge is 0.366 e. The first-order valence-electron chi connectivity index (χ1n) is 5.95. The number of fused-ring (bicyclic) bond motifs is 1. The molecule has 0 aromatic rings. The molecule has 0 aromatic heterocycles. The Morgan fingerprint density at radius 2 is 1.80 bits per heavy atom. The quantitative estimate of drug-likeness (QED) is 0.656. The summed E-state index contributed by atoms with van der Waals surface area (Å²) in [7, 11) is 0. The molecule has 0 aromatic carbocycles. The van der Waals surface area contributed by atoms with E-state index in [4.69, 9.17) is 14.2 Å². The van der Waals surface area contributed by atoms with Crippen molar-refractivity contribution < 1.29 is 14.2 Å². The lowest BCUT2D eigenvalue weighted by atomic mass is 9.73. The van der Waals surface area contributed by atoms with Gasteiger partial charge in [-0.25, -0.2) is 0 Å². The topological polar surface area (TPSA) is 31.0 Å². The Balaban J connectivity index is 1.68. The van der Waals surface area contributed by atoms with Crippen LogP contribution in [-0.2, 0) is 14.2 Å². The van der Waals surface area contributed by atoms with Crippen LogP contribution in [0.15, 0.2) is 0 Å². The normalized spacial score (nSPS) is 48.2. The molecule has 3 fully saturated rings. The minimum atomic E-state index is 0.0374. The standard InChI is InChI=1S/C12H20O3/c1-11(2)8(6-9-12(11,3)15-9)7-10-13-4-5-14-10/h8-10H,4-7H2,1-3H3/t8-,9-,12-/m1/s1. The highest BCUT2D eigenvalue weighted by Gasteiger charge is 2.69. The van der Waals surface area contributed by atoms with Gasteiger partial charge in [0, 0.05) is 6.42 Å². The minimum absolute atomic E-state index is 0.0374. The number of hydrogen-bond acceptors (Lipinski definition) is 3. The SMILES string of the molecule is CC1(C)[C@@H](CC2OCCO2)C[C@H]2O[C@]21C. The zero-order valence-corrected chi connectivity index (χ0v) is 9.79. The Bertz CT molecular complexity index is 270. The van der Waals surface area contributed by atoms with Crippen LogP contribution < -0.4 is 0 Å². The van der Waals surface area contributed by atoms with Crippen molar-refractivity contribution >= 4 is 0 Å². The molecule has 1 aliphatic carbocycles. The fraction of sp³-hybridized carbons (Fsp3) is 1.00. The average Bonchev–Trinajstić information content (AvgIpc) is 2.59. The highest BCUT2D eigenvalue weighted by molar-refractivity contribution is 5.17. The molecule has 1 saturated carbocycles. The monoisotopic (exact) mass is 212 g/mol. The van der Waals surface area contributed by atoms with Crippen molar-refractivity contribution in [1.82, 2.24) is 0 Å². The van der Waals surface area contributed by atoms with E-state index < -0.39 is 0 Å². The van der Waals surface area contributed by atoms with Gasteiger partial charge in [-0.15, -0.1) is 0 Å². The highest BCUT2D eigenvalue weighted by Crippen LogP contribution is 2.64. The Morgan fingerprint density at radius 3 is 2.33 bits per heavy atom. The van der Waals surface area contributed by atoms with Crippen LogP contribution in [-0.4, -0.2) is 31.2 Å². The van der Waals surface area contributed by atoms with Gasteiger partial charge in [0.2, 0.25) is 0 Å². The van der Waals surface area contributed by atoms with Crippen LogP contribution in [0.1, 0.15) is 33.6 Å². The lowest BCUT2D eigenvalue weighted by Gasteiger charge is -2.34. The van der Waals surface area contributed by atoms with Crippen molar-refractivity contribution in [3.63, 3.8) is 0 Å². The molecule has 2 heterocycles. The van der Waals surface area contributed by atoms with Gasteiger partial charge in [0.25, 0.3) is 0 Å². The third-order valence-corrected chi connectivity index (χ3v) is 4.91. The van der Waals surface area contributed by atoms with Gasteiger partial charge < -0.3 is 14.2 Å². The summed E-state index contributed by atoms with van der Waals surface area (Å²) in [5.74, 6) is 0.671. The van der Waals surface area contributed by atoms with Crippen LogP contribution in [0.4, 0.5) is 0 Å². The third kappa shape index (κ3) is 1.30. The Kier molecular flexibility index (Phi) is 1.99. The zero-order valence-electron chi connectivity index (χ0n) is 9.79. The second-order valence-corrected chi connectivity index (χ2v) is 5.77. The van der Waals surface area contributed by atoms with Crippen LogP contribution in [0.2, 0.25) is 0 Å². The van der Waals surface area contributed by atoms with Crippen LogP contribution in [0.5, 0.6) is 0 Å². The fourth-order valence-corrected chi connectivity index (χ4v) is 3.23. The predicted octanol–water partition coefficient (Wildman–Crippen LogP) is 1.95. The number of ether oxygens (including phenoxy) is 3. The van der Waals surface area contributed by atoms with E-state index in [1.807, 2.05) is 0 Å². The summed E-state index contributed by atoms with van der Waals surface area (Å²) in [6.07, 6.45) is 2.73. The van der Waals surface area contributed by atoms with E-state index in [9.17, 15) is 0 Å². The van der Waals surface area contributed by atoms with Crippen molar-refractivity contribution in [1.29, 1.82) is 0 Å². The summed E-state index contributed by atoms with van der Waals surface area (Å²) in [5, 5.41) is 0. The molecule has 3 heteroatoms. The first-order chi connectivity index (χ1) is 7.04. The first kappa shape index (κ1) is 10.1. The predicted molar refractivity (Wildman–Crippen MR) is 55.5 cm³/mol. The molecule has 2 aliphatic heterocycles. The van der Waals surface area contributed by atoms with E-state index >= 15 is 0 Å². The van der Waals surface area contributed by atoms with Crippen LogP contribution >= 0.6 is 0 Å². The van der Waals surface area contributed by atoms with Crippen molar-refractivity contribution in [2.45, 2.75) is 51.6 Å². The van der Waals surface area contributed by atoms with Crippen molar-refractivity contribution in [2.24, 2.45) is 11.3 Å². The lowest BCUT2D eigenvalue weighted by molar-refractivity contribution is -0.0753. The maximum absolute atomic E-state index is 5.77. The van der Waals surface area contributed by atoms with Crippen molar-refractivity contribution in [3.8, 4) is 0 Å². The van der Waals surface area contributed by atoms with Gasteiger partial charge in [-0.2, -0.15) is 0 Å². The Labute approximate surface area is 91.1 Å². The zero-order chi connectivity index (χ0) is 10.7. The summed E-state index contributed by atoms with van der Waals surface area (Å²) >= 11 is 0. The molecule has 0 radical (unpaired) electrons. The van der Waals surface area contributed by atoms with E-state index in [1.165, 1.54) is 6.42 Å². The number of rotatable bonds is 2. The molecule has 0 spiro atoms. The van der Waals surface area contributed by atoms with E-state index in [0.717, 1.165) is 19.6 Å². The molecule has 3 aliphatic rings. The Hall–Kier alpha value is -0.120. The van der Waals surface area contributed by atoms with Gasteiger partial charge in [-0.1, -0.05) is 13.8 Å². The Morgan fingerprint density at radius 1 is 1.13 bits per heavy atom. The van der Waals surface area contributed by atoms with Crippen LogP contribution in [0.3, 0.4) is 0 Å². The molecule has 86 valence electrons. The smallest absolute Gasteiger partial charge is 0.158 e. The summed E-state index contributed by atoms with van der Waals surface area (Å²) in [6.45, 7) is 8.40. The molecular weight excluding hydrogens is 192 g/mol. The number of epoxide rings is 1. The lowest BCUT2D eigenvalue weighted by Crippen LogP contribution is -2.35. The molecule has 3 atom stereocenters. The molecular formula is C12H20O3. The van der Waals surface area contributed by atoms with Crippen molar-refractivity contribution in [3.05, 3.63) is 0 Å².